The summed E-state index contributed by atoms with van der Waals surface area (Å²) in [4.78, 5) is 2.52. The van der Waals surface area contributed by atoms with Crippen molar-refractivity contribution in [3.05, 3.63) is 72.2 Å². The lowest BCUT2D eigenvalue weighted by Crippen LogP contribution is -2.34. The van der Waals surface area contributed by atoms with Gasteiger partial charge in [0.25, 0.3) is 0 Å². The lowest BCUT2D eigenvalue weighted by Gasteiger charge is -2.32. The summed E-state index contributed by atoms with van der Waals surface area (Å²) in [7, 11) is 0. The van der Waals surface area contributed by atoms with E-state index >= 15 is 0 Å². The van der Waals surface area contributed by atoms with E-state index in [4.69, 9.17) is 0 Å². The van der Waals surface area contributed by atoms with Gasteiger partial charge in [0.2, 0.25) is 0 Å². The van der Waals surface area contributed by atoms with Gasteiger partial charge >= 0.3 is 0 Å². The number of fused-ring (bicyclic) bond motifs is 1. The van der Waals surface area contributed by atoms with Crippen LogP contribution in [0.5, 0.6) is 0 Å². The number of likely N-dealkylation sites (tertiary alicyclic amines) is 1. The van der Waals surface area contributed by atoms with Crippen LogP contribution in [0.1, 0.15) is 50.8 Å². The molecule has 0 saturated carbocycles. The Kier molecular flexibility index (Phi) is 7.24. The van der Waals surface area contributed by atoms with Gasteiger partial charge in [0.15, 0.2) is 0 Å². The van der Waals surface area contributed by atoms with Gasteiger partial charge < -0.3 is 14.6 Å². The molecule has 1 N–H and O–H groups in total. The molecule has 0 aliphatic carbocycles. The first-order valence-electron chi connectivity index (χ1n) is 10.3. The van der Waals surface area contributed by atoms with Gasteiger partial charge in [-0.15, -0.1) is 0 Å². The number of rotatable bonds is 4. The minimum atomic E-state index is -0.348. The van der Waals surface area contributed by atoms with Crippen LogP contribution in [0.2, 0.25) is 0 Å². The van der Waals surface area contributed by atoms with Crippen molar-refractivity contribution in [2.45, 2.75) is 45.3 Å². The van der Waals surface area contributed by atoms with Gasteiger partial charge in [-0.25, -0.2) is 4.39 Å². The van der Waals surface area contributed by atoms with Crippen LogP contribution in [-0.4, -0.2) is 34.2 Å². The van der Waals surface area contributed by atoms with Crippen LogP contribution in [-0.2, 0) is 0 Å². The van der Waals surface area contributed by atoms with E-state index in [9.17, 15) is 9.50 Å². The van der Waals surface area contributed by atoms with Crippen molar-refractivity contribution in [2.24, 2.45) is 0 Å². The molecule has 4 heteroatoms. The third-order valence-electron chi connectivity index (χ3n) is 5.65. The number of nitrogens with zero attached hydrogens (tertiary/aromatic N) is 2. The smallest absolute Gasteiger partial charge is 0.123 e. The number of hydrogen-bond donors (Lipinski definition) is 1. The molecular weight excluding hydrogens is 351 g/mol. The van der Waals surface area contributed by atoms with Crippen LogP contribution in [0.4, 0.5) is 4.39 Å². The molecule has 0 radical (unpaired) electrons. The van der Waals surface area contributed by atoms with E-state index < -0.39 is 0 Å². The molecule has 150 valence electrons. The van der Waals surface area contributed by atoms with Gasteiger partial charge in [-0.2, -0.15) is 0 Å². The van der Waals surface area contributed by atoms with Crippen molar-refractivity contribution < 1.29 is 9.50 Å². The highest BCUT2D eigenvalue weighted by Gasteiger charge is 2.20. The fraction of sp³-hybridized carbons (Fsp3) is 0.417. The summed E-state index contributed by atoms with van der Waals surface area (Å²) < 4.78 is 14.3. The zero-order valence-electron chi connectivity index (χ0n) is 16.9. The Hall–Kier alpha value is -2.17. The number of aromatic nitrogens is 1. The Morgan fingerprint density at radius 3 is 2.32 bits per heavy atom. The van der Waals surface area contributed by atoms with Crippen LogP contribution in [0.3, 0.4) is 0 Å². The summed E-state index contributed by atoms with van der Waals surface area (Å²) in [6.45, 7) is 7.81. The standard InChI is InChI=1S/C18H26N2O.C6H5F/c1-3-18(21)15-6-5-14-7-12-20(17(14)13-15)16-8-10-19(4-2)11-9-16;7-6-4-2-1-3-5-6/h5-7,12-13,16,18,21H,3-4,8-11H2,1-2H3;1-5H. The third kappa shape index (κ3) is 5.00. The second-order valence-electron chi connectivity index (χ2n) is 7.43. The molecule has 1 unspecified atom stereocenters. The van der Waals surface area contributed by atoms with E-state index in [2.05, 4.69) is 46.9 Å². The number of aliphatic hydroxyl groups excluding tert-OH is 1. The first-order chi connectivity index (χ1) is 13.6. The highest BCUT2D eigenvalue weighted by Crippen LogP contribution is 2.29. The summed E-state index contributed by atoms with van der Waals surface area (Å²) in [5.74, 6) is -0.178. The highest BCUT2D eigenvalue weighted by molar-refractivity contribution is 5.81. The van der Waals surface area contributed by atoms with Crippen LogP contribution in [0.15, 0.2) is 60.8 Å². The summed E-state index contributed by atoms with van der Waals surface area (Å²) in [5.41, 5.74) is 2.31. The average Bonchev–Trinajstić information content (AvgIpc) is 3.17. The predicted molar refractivity (Wildman–Crippen MR) is 114 cm³/mol. The van der Waals surface area contributed by atoms with Crippen molar-refractivity contribution in [1.82, 2.24) is 9.47 Å². The second-order valence-corrected chi connectivity index (χ2v) is 7.43. The maximum Gasteiger partial charge on any atom is 0.123 e. The SMILES string of the molecule is CCC(O)c1ccc2ccn(C3CCN(CC)CC3)c2c1.Fc1ccccc1. The minimum absolute atomic E-state index is 0.178. The highest BCUT2D eigenvalue weighted by atomic mass is 19.1. The van der Waals surface area contributed by atoms with E-state index in [1.165, 1.54) is 49.0 Å². The predicted octanol–water partition coefficient (Wildman–Crippen LogP) is 5.57. The molecule has 1 saturated heterocycles. The third-order valence-corrected chi connectivity index (χ3v) is 5.65. The van der Waals surface area contributed by atoms with E-state index in [-0.39, 0.29) is 11.9 Å². The van der Waals surface area contributed by atoms with E-state index in [0.29, 0.717) is 6.04 Å². The fourth-order valence-corrected chi connectivity index (χ4v) is 3.86. The Labute approximate surface area is 167 Å². The lowest BCUT2D eigenvalue weighted by atomic mass is 10.0. The maximum absolute atomic E-state index is 11.9. The monoisotopic (exact) mass is 382 g/mol. The van der Waals surface area contributed by atoms with E-state index in [1.807, 2.05) is 6.92 Å². The van der Waals surface area contributed by atoms with Gasteiger partial charge in [0.1, 0.15) is 5.82 Å². The maximum atomic E-state index is 11.9. The van der Waals surface area contributed by atoms with Crippen LogP contribution < -0.4 is 0 Å². The van der Waals surface area contributed by atoms with Gasteiger partial charge in [-0.3, -0.25) is 0 Å². The lowest BCUT2D eigenvalue weighted by molar-refractivity contribution is 0.173. The van der Waals surface area contributed by atoms with Gasteiger partial charge in [0, 0.05) is 30.8 Å². The van der Waals surface area contributed by atoms with Gasteiger partial charge in [-0.05, 0) is 61.0 Å². The van der Waals surface area contributed by atoms with Crippen LogP contribution in [0, 0.1) is 5.82 Å². The first-order valence-corrected chi connectivity index (χ1v) is 10.3. The van der Waals surface area contributed by atoms with Crippen molar-refractivity contribution >= 4 is 10.9 Å². The number of halogens is 1. The largest absolute Gasteiger partial charge is 0.388 e. The molecule has 2 aromatic carbocycles. The fourth-order valence-electron chi connectivity index (χ4n) is 3.86. The van der Waals surface area contributed by atoms with Crippen molar-refractivity contribution in [2.75, 3.05) is 19.6 Å². The molecule has 1 aromatic heterocycles. The summed E-state index contributed by atoms with van der Waals surface area (Å²) in [6.07, 6.45) is 5.08. The minimum Gasteiger partial charge on any atom is -0.388 e. The van der Waals surface area contributed by atoms with Crippen molar-refractivity contribution in [1.29, 1.82) is 0 Å². The summed E-state index contributed by atoms with van der Waals surface area (Å²) in [6, 6.07) is 17.1. The molecule has 0 spiro atoms. The molecule has 0 amide bonds. The molecule has 1 aliphatic rings. The molecule has 2 heterocycles. The van der Waals surface area contributed by atoms with Gasteiger partial charge in [0.05, 0.1) is 6.10 Å². The molecular formula is C24H31FN2O. The molecule has 3 aromatic rings. The summed E-state index contributed by atoms with van der Waals surface area (Å²) >= 11 is 0. The van der Waals surface area contributed by atoms with Crippen LogP contribution >= 0.6 is 0 Å². The van der Waals surface area contributed by atoms with Crippen molar-refractivity contribution in [3.8, 4) is 0 Å². The number of benzene rings is 2. The Morgan fingerprint density at radius 1 is 1.04 bits per heavy atom. The average molecular weight is 383 g/mol. The second kappa shape index (κ2) is 9.85. The summed E-state index contributed by atoms with van der Waals surface area (Å²) in [5, 5.41) is 11.4. The Balaban J connectivity index is 0.000000271. The zero-order valence-corrected chi connectivity index (χ0v) is 16.9. The topological polar surface area (TPSA) is 28.4 Å². The van der Waals surface area contributed by atoms with E-state index in [1.54, 1.807) is 18.2 Å². The molecule has 3 nitrogen and oxygen atoms in total. The quantitative estimate of drug-likeness (QED) is 0.639. The molecule has 1 fully saturated rings. The normalized spacial score (nSPS) is 16.6. The number of hydrogen-bond acceptors (Lipinski definition) is 2. The molecule has 28 heavy (non-hydrogen) atoms. The molecule has 4 rings (SSSR count). The Morgan fingerprint density at radius 2 is 1.75 bits per heavy atom. The Bertz CT molecular complexity index is 853. The first kappa shape index (κ1) is 20.6. The molecule has 0 bridgehead atoms. The molecule has 1 aliphatic heterocycles. The zero-order chi connectivity index (χ0) is 19.9. The van der Waals surface area contributed by atoms with Crippen LogP contribution in [0.25, 0.3) is 10.9 Å². The number of aliphatic hydroxyl groups is 1. The van der Waals surface area contributed by atoms with Crippen molar-refractivity contribution in [3.63, 3.8) is 0 Å². The van der Waals surface area contributed by atoms with Gasteiger partial charge in [-0.1, -0.05) is 44.2 Å². The number of piperidine rings is 1. The molecule has 1 atom stereocenters. The van der Waals surface area contributed by atoms with E-state index in [0.717, 1.165) is 18.5 Å².